The van der Waals surface area contributed by atoms with Crippen LogP contribution in [0.5, 0.6) is 17.2 Å². The summed E-state index contributed by atoms with van der Waals surface area (Å²) < 4.78 is 16.2. The van der Waals surface area contributed by atoms with Crippen molar-refractivity contribution in [2.45, 2.75) is 13.0 Å². The summed E-state index contributed by atoms with van der Waals surface area (Å²) in [7, 11) is 1.50. The summed E-state index contributed by atoms with van der Waals surface area (Å²) in [5.74, 6) is -0.340. The minimum Gasteiger partial charge on any atom is -0.507 e. The summed E-state index contributed by atoms with van der Waals surface area (Å²) in [6.45, 7) is 2.01. The maximum absolute atomic E-state index is 13.3. The molecule has 166 valence electrons. The van der Waals surface area contributed by atoms with Crippen molar-refractivity contribution in [3.05, 3.63) is 89.0 Å². The van der Waals surface area contributed by atoms with E-state index in [2.05, 4.69) is 0 Å². The molecule has 0 aliphatic carbocycles. The summed E-state index contributed by atoms with van der Waals surface area (Å²) in [6, 6.07) is 18.5. The summed E-state index contributed by atoms with van der Waals surface area (Å²) in [4.78, 5) is 28.0. The average molecular weight is 443 g/mol. The number of hydrogen-bond donors (Lipinski definition) is 1. The Morgan fingerprint density at radius 2 is 1.79 bits per heavy atom. The van der Waals surface area contributed by atoms with Crippen molar-refractivity contribution in [3.63, 3.8) is 0 Å². The minimum atomic E-state index is -0.841. The van der Waals surface area contributed by atoms with Crippen LogP contribution in [0.15, 0.2) is 72.3 Å². The zero-order chi connectivity index (χ0) is 23.1. The SMILES string of the molecule is COc1ccccc1N1C(=O)C(=O)/C(=C(\O)c2ccc3c(c2)OCO3)C1c1cccc(C)c1. The van der Waals surface area contributed by atoms with E-state index in [1.54, 1.807) is 42.5 Å². The summed E-state index contributed by atoms with van der Waals surface area (Å²) >= 11 is 0. The molecule has 1 amide bonds. The highest BCUT2D eigenvalue weighted by Crippen LogP contribution is 2.45. The molecule has 0 bridgehead atoms. The van der Waals surface area contributed by atoms with Crippen LogP contribution in [0.25, 0.3) is 5.76 Å². The van der Waals surface area contributed by atoms with E-state index >= 15 is 0 Å². The van der Waals surface area contributed by atoms with Gasteiger partial charge in [-0.15, -0.1) is 0 Å². The van der Waals surface area contributed by atoms with Crippen LogP contribution in [-0.2, 0) is 9.59 Å². The van der Waals surface area contributed by atoms with Gasteiger partial charge in [0.2, 0.25) is 6.79 Å². The van der Waals surface area contributed by atoms with E-state index in [0.29, 0.717) is 34.1 Å². The van der Waals surface area contributed by atoms with Gasteiger partial charge < -0.3 is 19.3 Å². The Balaban J connectivity index is 1.73. The Bertz CT molecular complexity index is 1310. The number of rotatable bonds is 4. The second-order valence-electron chi connectivity index (χ2n) is 7.82. The van der Waals surface area contributed by atoms with Gasteiger partial charge in [0.1, 0.15) is 11.5 Å². The smallest absolute Gasteiger partial charge is 0.300 e. The lowest BCUT2D eigenvalue weighted by atomic mass is 9.94. The quantitative estimate of drug-likeness (QED) is 0.366. The van der Waals surface area contributed by atoms with Gasteiger partial charge in [0.15, 0.2) is 11.5 Å². The number of nitrogens with zero attached hydrogens (tertiary/aromatic N) is 1. The van der Waals surface area contributed by atoms with E-state index in [9.17, 15) is 14.7 Å². The van der Waals surface area contributed by atoms with Crippen molar-refractivity contribution < 1.29 is 28.9 Å². The van der Waals surface area contributed by atoms with E-state index in [-0.39, 0.29) is 18.1 Å². The molecule has 1 atom stereocenters. The van der Waals surface area contributed by atoms with Crippen LogP contribution in [0.2, 0.25) is 0 Å². The topological polar surface area (TPSA) is 85.3 Å². The van der Waals surface area contributed by atoms with Crippen molar-refractivity contribution in [1.82, 2.24) is 0 Å². The molecule has 0 radical (unpaired) electrons. The minimum absolute atomic E-state index is 0.00429. The van der Waals surface area contributed by atoms with E-state index in [0.717, 1.165) is 5.56 Å². The number of aliphatic hydroxyl groups excluding tert-OH is 1. The van der Waals surface area contributed by atoms with Crippen molar-refractivity contribution in [1.29, 1.82) is 0 Å². The van der Waals surface area contributed by atoms with Gasteiger partial charge in [0.05, 0.1) is 24.4 Å². The van der Waals surface area contributed by atoms with Crippen LogP contribution in [0.1, 0.15) is 22.7 Å². The average Bonchev–Trinajstić information content (AvgIpc) is 3.40. The van der Waals surface area contributed by atoms with Crippen molar-refractivity contribution >= 4 is 23.1 Å². The lowest BCUT2D eigenvalue weighted by Crippen LogP contribution is -2.29. The van der Waals surface area contributed by atoms with E-state index in [1.807, 2.05) is 31.2 Å². The highest BCUT2D eigenvalue weighted by atomic mass is 16.7. The molecule has 0 saturated carbocycles. The first-order chi connectivity index (χ1) is 16.0. The van der Waals surface area contributed by atoms with Crippen molar-refractivity contribution in [3.8, 4) is 17.2 Å². The fourth-order valence-electron chi connectivity index (χ4n) is 4.26. The third-order valence-electron chi connectivity index (χ3n) is 5.79. The molecule has 3 aromatic carbocycles. The van der Waals surface area contributed by atoms with Crippen molar-refractivity contribution in [2.75, 3.05) is 18.8 Å². The molecule has 0 spiro atoms. The van der Waals surface area contributed by atoms with Gasteiger partial charge in [0.25, 0.3) is 11.7 Å². The number of carbonyl (C=O) groups excluding carboxylic acids is 2. The number of fused-ring (bicyclic) bond motifs is 1. The predicted molar refractivity (Wildman–Crippen MR) is 122 cm³/mol. The van der Waals surface area contributed by atoms with Gasteiger partial charge in [-0.05, 0) is 42.8 Å². The Morgan fingerprint density at radius 3 is 2.58 bits per heavy atom. The van der Waals surface area contributed by atoms with Gasteiger partial charge >= 0.3 is 0 Å². The largest absolute Gasteiger partial charge is 0.507 e. The number of aliphatic hydroxyl groups is 1. The molecule has 1 N–H and O–H groups in total. The first kappa shape index (κ1) is 20.6. The molecular formula is C26H21NO6. The molecule has 1 unspecified atom stereocenters. The summed E-state index contributed by atoms with van der Waals surface area (Å²) in [6.07, 6.45) is 0. The van der Waals surface area contributed by atoms with Gasteiger partial charge in [-0.1, -0.05) is 42.0 Å². The number of ketones is 1. The first-order valence-corrected chi connectivity index (χ1v) is 10.4. The van der Waals surface area contributed by atoms with Gasteiger partial charge in [0, 0.05) is 5.56 Å². The highest BCUT2D eigenvalue weighted by molar-refractivity contribution is 6.52. The molecule has 2 aliphatic heterocycles. The maximum atomic E-state index is 13.3. The van der Waals surface area contributed by atoms with E-state index in [4.69, 9.17) is 14.2 Å². The molecule has 3 aromatic rings. The Morgan fingerprint density at radius 1 is 1.00 bits per heavy atom. The molecule has 2 aliphatic rings. The molecule has 2 heterocycles. The third-order valence-corrected chi connectivity index (χ3v) is 5.79. The van der Waals surface area contributed by atoms with Crippen LogP contribution in [-0.4, -0.2) is 30.7 Å². The molecule has 33 heavy (non-hydrogen) atoms. The number of anilines is 1. The standard InChI is InChI=1S/C26H21NO6/c1-15-6-5-7-16(12-15)23-22(24(28)17-10-11-20-21(13-17)33-14-32-20)25(29)26(30)27(23)18-8-3-4-9-19(18)31-2/h3-13,23,28H,14H2,1-2H3/b24-22-. The van der Waals surface area contributed by atoms with E-state index < -0.39 is 17.7 Å². The zero-order valence-electron chi connectivity index (χ0n) is 18.1. The van der Waals surface area contributed by atoms with Crippen LogP contribution in [0.3, 0.4) is 0 Å². The number of Topliss-reactive ketones (excluding diaryl/α,β-unsaturated/α-hetero) is 1. The molecule has 1 saturated heterocycles. The van der Waals surface area contributed by atoms with Crippen LogP contribution in [0, 0.1) is 6.92 Å². The summed E-state index contributed by atoms with van der Waals surface area (Å²) in [5.41, 5.74) is 2.45. The highest BCUT2D eigenvalue weighted by Gasteiger charge is 2.47. The Labute approximate surface area is 190 Å². The zero-order valence-corrected chi connectivity index (χ0v) is 18.1. The van der Waals surface area contributed by atoms with Gasteiger partial charge in [-0.3, -0.25) is 14.5 Å². The summed E-state index contributed by atoms with van der Waals surface area (Å²) in [5, 5.41) is 11.3. The van der Waals surface area contributed by atoms with Crippen LogP contribution in [0.4, 0.5) is 5.69 Å². The van der Waals surface area contributed by atoms with Crippen LogP contribution < -0.4 is 19.1 Å². The maximum Gasteiger partial charge on any atom is 0.300 e. The third kappa shape index (κ3) is 3.38. The predicted octanol–water partition coefficient (Wildman–Crippen LogP) is 4.36. The number of amides is 1. The monoisotopic (exact) mass is 443 g/mol. The fraction of sp³-hybridized carbons (Fsp3) is 0.154. The van der Waals surface area contributed by atoms with Gasteiger partial charge in [-0.25, -0.2) is 0 Å². The normalized spacial score (nSPS) is 18.6. The Hall–Kier alpha value is -4.26. The number of methoxy groups -OCH3 is 1. The lowest BCUT2D eigenvalue weighted by Gasteiger charge is -2.27. The number of ether oxygens (including phenoxy) is 3. The molecule has 1 fully saturated rings. The molecule has 7 heteroatoms. The molecule has 0 aromatic heterocycles. The number of hydrogen-bond acceptors (Lipinski definition) is 6. The van der Waals surface area contributed by atoms with Crippen molar-refractivity contribution in [2.24, 2.45) is 0 Å². The molecule has 5 rings (SSSR count). The number of benzene rings is 3. The number of para-hydroxylation sites is 2. The Kier molecular flexibility index (Phi) is 5.01. The molecular weight excluding hydrogens is 422 g/mol. The second-order valence-corrected chi connectivity index (χ2v) is 7.82. The number of aryl methyl sites for hydroxylation is 1. The van der Waals surface area contributed by atoms with Crippen LogP contribution >= 0.6 is 0 Å². The first-order valence-electron chi connectivity index (χ1n) is 10.4. The molecule has 7 nitrogen and oxygen atoms in total. The lowest BCUT2D eigenvalue weighted by molar-refractivity contribution is -0.132. The number of carbonyl (C=O) groups is 2. The van der Waals surface area contributed by atoms with E-state index in [1.165, 1.54) is 12.0 Å². The van der Waals surface area contributed by atoms with Gasteiger partial charge in [-0.2, -0.15) is 0 Å². The fourth-order valence-corrected chi connectivity index (χ4v) is 4.26. The second kappa shape index (κ2) is 8.02.